The number of rotatable bonds is 4. The Kier molecular flexibility index (Phi) is 3.93. The van der Waals surface area contributed by atoms with E-state index in [-0.39, 0.29) is 10.7 Å². The normalized spacial score (nSPS) is 24.8. The highest BCUT2D eigenvalue weighted by Crippen LogP contribution is 2.42. The van der Waals surface area contributed by atoms with Gasteiger partial charge in [0.1, 0.15) is 5.75 Å². The van der Waals surface area contributed by atoms with Crippen LogP contribution in [0.4, 0.5) is 0 Å². The zero-order chi connectivity index (χ0) is 14.8. The van der Waals surface area contributed by atoms with E-state index < -0.39 is 11.5 Å². The van der Waals surface area contributed by atoms with Crippen LogP contribution in [0, 0.1) is 10.1 Å². The third-order valence-electron chi connectivity index (χ3n) is 4.11. The zero-order valence-corrected chi connectivity index (χ0v) is 11.7. The molecular weight excluding hydrogens is 254 g/mol. The fourth-order valence-electron chi connectivity index (χ4n) is 2.87. The first-order valence-corrected chi connectivity index (χ1v) is 6.87. The minimum Gasteiger partial charge on any atom is -0.508 e. The quantitative estimate of drug-likeness (QED) is 0.675. The smallest absolute Gasteiger partial charge is 0.244 e. The number of nitro groups is 1. The van der Waals surface area contributed by atoms with E-state index in [1.165, 1.54) is 0 Å². The van der Waals surface area contributed by atoms with E-state index in [2.05, 4.69) is 0 Å². The first kappa shape index (κ1) is 14.3. The van der Waals surface area contributed by atoms with E-state index in [0.717, 1.165) is 12.0 Å². The van der Waals surface area contributed by atoms with E-state index in [0.29, 0.717) is 12.0 Å². The molecule has 0 saturated heterocycles. The van der Waals surface area contributed by atoms with Gasteiger partial charge in [-0.05, 0) is 30.5 Å². The van der Waals surface area contributed by atoms with Crippen LogP contribution in [0.15, 0.2) is 42.5 Å². The van der Waals surface area contributed by atoms with Crippen molar-refractivity contribution in [1.29, 1.82) is 0 Å². The predicted octanol–water partition coefficient (Wildman–Crippen LogP) is 3.37. The molecule has 4 heteroatoms. The van der Waals surface area contributed by atoms with Crippen molar-refractivity contribution < 1.29 is 10.0 Å². The van der Waals surface area contributed by atoms with Crippen molar-refractivity contribution in [1.82, 2.24) is 0 Å². The van der Waals surface area contributed by atoms with Crippen LogP contribution in [-0.4, -0.2) is 16.1 Å². The summed E-state index contributed by atoms with van der Waals surface area (Å²) in [5, 5.41) is 21.6. The molecule has 2 atom stereocenters. The van der Waals surface area contributed by atoms with E-state index in [1.54, 1.807) is 18.2 Å². The molecule has 1 N–H and O–H groups in total. The Morgan fingerprint density at radius 1 is 1.35 bits per heavy atom. The minimum absolute atomic E-state index is 0.121. The summed E-state index contributed by atoms with van der Waals surface area (Å²) in [5.74, 6) is 0.121. The lowest BCUT2D eigenvalue weighted by molar-refractivity contribution is -0.519. The average molecular weight is 273 g/mol. The van der Waals surface area contributed by atoms with Crippen molar-refractivity contribution >= 4 is 0 Å². The molecule has 106 valence electrons. The molecule has 1 unspecified atom stereocenters. The van der Waals surface area contributed by atoms with E-state index in [4.69, 9.17) is 0 Å². The highest BCUT2D eigenvalue weighted by Gasteiger charge is 2.46. The van der Waals surface area contributed by atoms with Gasteiger partial charge in [0.2, 0.25) is 6.04 Å². The van der Waals surface area contributed by atoms with Crippen molar-refractivity contribution in [2.24, 2.45) is 0 Å². The molecule has 1 aliphatic carbocycles. The van der Waals surface area contributed by atoms with Gasteiger partial charge in [-0.15, -0.1) is 0 Å². The monoisotopic (exact) mass is 273 g/mol. The van der Waals surface area contributed by atoms with Crippen LogP contribution < -0.4 is 0 Å². The molecule has 1 aliphatic rings. The van der Waals surface area contributed by atoms with Crippen LogP contribution >= 0.6 is 0 Å². The summed E-state index contributed by atoms with van der Waals surface area (Å²) in [6, 6.07) is 4.52. The molecule has 0 spiro atoms. The maximum atomic E-state index is 11.4. The second-order valence-corrected chi connectivity index (χ2v) is 5.07. The molecule has 0 radical (unpaired) electrons. The third-order valence-corrected chi connectivity index (χ3v) is 4.11. The molecule has 1 aromatic rings. The van der Waals surface area contributed by atoms with Crippen molar-refractivity contribution in [3.05, 3.63) is 63.7 Å². The number of phenols is 1. The lowest BCUT2D eigenvalue weighted by Gasteiger charge is -2.33. The summed E-state index contributed by atoms with van der Waals surface area (Å²) in [6.07, 6.45) is 8.34. The predicted molar refractivity (Wildman–Crippen MR) is 78.5 cm³/mol. The molecule has 0 aliphatic heterocycles. The zero-order valence-electron chi connectivity index (χ0n) is 11.7. The molecule has 0 amide bonds. The molecule has 0 saturated carbocycles. The van der Waals surface area contributed by atoms with Gasteiger partial charge in [-0.3, -0.25) is 10.1 Å². The van der Waals surface area contributed by atoms with Gasteiger partial charge in [0, 0.05) is 10.5 Å². The molecule has 2 rings (SSSR count). The highest BCUT2D eigenvalue weighted by atomic mass is 16.6. The summed E-state index contributed by atoms with van der Waals surface area (Å²) in [5.41, 5.74) is 0.922. The maximum absolute atomic E-state index is 11.4. The van der Waals surface area contributed by atoms with Crippen LogP contribution in [0.2, 0.25) is 0 Å². The van der Waals surface area contributed by atoms with Gasteiger partial charge in [0.05, 0.1) is 5.41 Å². The van der Waals surface area contributed by atoms with Crippen molar-refractivity contribution in [2.75, 3.05) is 0 Å². The fourth-order valence-corrected chi connectivity index (χ4v) is 2.87. The van der Waals surface area contributed by atoms with E-state index in [9.17, 15) is 15.2 Å². The molecule has 1 aromatic carbocycles. The number of nitrogens with zero attached hydrogens (tertiary/aromatic N) is 1. The Bertz CT molecular complexity index is 577. The first-order chi connectivity index (χ1) is 9.55. The van der Waals surface area contributed by atoms with Crippen molar-refractivity contribution in [3.63, 3.8) is 0 Å². The summed E-state index contributed by atoms with van der Waals surface area (Å²) >= 11 is 0. The summed E-state index contributed by atoms with van der Waals surface area (Å²) in [4.78, 5) is 11.1. The Labute approximate surface area is 118 Å². The largest absolute Gasteiger partial charge is 0.508 e. The number of aromatic hydroxyl groups is 1. The number of hydrogen-bond donors (Lipinski definition) is 1. The molecule has 0 aromatic heterocycles. The van der Waals surface area contributed by atoms with Crippen LogP contribution in [0.3, 0.4) is 0 Å². The average Bonchev–Trinajstić information content (AvgIpc) is 2.47. The lowest BCUT2D eigenvalue weighted by atomic mass is 9.69. The van der Waals surface area contributed by atoms with Crippen LogP contribution in [0.5, 0.6) is 5.75 Å². The Morgan fingerprint density at radius 2 is 2.10 bits per heavy atom. The van der Waals surface area contributed by atoms with E-state index >= 15 is 0 Å². The number of benzene rings is 1. The molecule has 0 heterocycles. The summed E-state index contributed by atoms with van der Waals surface area (Å²) in [7, 11) is 0. The SMILES string of the molecule is CCc1ccc(O)c([C@]2(CC)C=CC=CC2[N+](=O)[O-])c1. The Hall–Kier alpha value is -2.10. The molecule has 4 nitrogen and oxygen atoms in total. The number of allylic oxidation sites excluding steroid dienone is 2. The molecule has 0 fully saturated rings. The van der Waals surface area contributed by atoms with Crippen LogP contribution in [0.25, 0.3) is 0 Å². The summed E-state index contributed by atoms with van der Waals surface area (Å²) < 4.78 is 0. The maximum Gasteiger partial charge on any atom is 0.244 e. The minimum atomic E-state index is -0.851. The summed E-state index contributed by atoms with van der Waals surface area (Å²) in [6.45, 7) is 3.94. The van der Waals surface area contributed by atoms with Crippen molar-refractivity contribution in [2.45, 2.75) is 38.1 Å². The van der Waals surface area contributed by atoms with Gasteiger partial charge in [0.25, 0.3) is 0 Å². The van der Waals surface area contributed by atoms with Gasteiger partial charge in [0.15, 0.2) is 0 Å². The second kappa shape index (κ2) is 5.49. The Balaban J connectivity index is 2.63. The molecule has 20 heavy (non-hydrogen) atoms. The standard InChI is InChI=1S/C16H19NO3/c1-3-12-8-9-14(18)13(11-12)16(4-2)10-6-5-7-15(16)17(19)20/h5-11,15,18H,3-4H2,1-2H3/t15?,16-/m0/s1. The lowest BCUT2D eigenvalue weighted by Crippen LogP contribution is -2.42. The first-order valence-electron chi connectivity index (χ1n) is 6.87. The van der Waals surface area contributed by atoms with Gasteiger partial charge < -0.3 is 5.11 Å². The van der Waals surface area contributed by atoms with Crippen LogP contribution in [0.1, 0.15) is 31.4 Å². The van der Waals surface area contributed by atoms with Gasteiger partial charge in [-0.1, -0.05) is 44.2 Å². The molecule has 0 bridgehead atoms. The highest BCUT2D eigenvalue weighted by molar-refractivity contribution is 5.48. The number of hydrogen-bond acceptors (Lipinski definition) is 3. The van der Waals surface area contributed by atoms with Gasteiger partial charge in [-0.25, -0.2) is 0 Å². The van der Waals surface area contributed by atoms with Gasteiger partial charge in [-0.2, -0.15) is 0 Å². The fraction of sp³-hybridized carbons (Fsp3) is 0.375. The third kappa shape index (κ3) is 2.22. The Morgan fingerprint density at radius 3 is 2.70 bits per heavy atom. The topological polar surface area (TPSA) is 63.4 Å². The van der Waals surface area contributed by atoms with E-state index in [1.807, 2.05) is 38.1 Å². The number of aryl methyl sites for hydroxylation is 1. The molecular formula is C16H19NO3. The van der Waals surface area contributed by atoms with Crippen LogP contribution in [-0.2, 0) is 11.8 Å². The number of phenolic OH excluding ortho intramolecular Hbond substituents is 1. The van der Waals surface area contributed by atoms with Gasteiger partial charge >= 0.3 is 0 Å². The second-order valence-electron chi connectivity index (χ2n) is 5.07. The van der Waals surface area contributed by atoms with Crippen molar-refractivity contribution in [3.8, 4) is 5.75 Å².